The van der Waals surface area contributed by atoms with Gasteiger partial charge in [0, 0.05) is 61.5 Å². The summed E-state index contributed by atoms with van der Waals surface area (Å²) in [4.78, 5) is 46.4. The van der Waals surface area contributed by atoms with Gasteiger partial charge in [0.15, 0.2) is 0 Å². The number of benzene rings is 1. The van der Waals surface area contributed by atoms with Crippen LogP contribution in [0, 0.1) is 0 Å². The highest BCUT2D eigenvalue weighted by atomic mass is 16.6. The molecule has 10 nitrogen and oxygen atoms in total. The van der Waals surface area contributed by atoms with Crippen molar-refractivity contribution in [3.63, 3.8) is 0 Å². The third kappa shape index (κ3) is 6.15. The number of carbonyl (C=O) groups is 3. The topological polar surface area (TPSA) is 126 Å². The molecule has 3 aromatic rings. The molecular weight excluding hydrogens is 450 g/mol. The average Bonchev–Trinajstić information content (AvgIpc) is 3.38. The summed E-state index contributed by atoms with van der Waals surface area (Å²) in [7, 11) is 1.52. The van der Waals surface area contributed by atoms with Crippen LogP contribution in [0.25, 0.3) is 10.9 Å². The summed E-state index contributed by atoms with van der Waals surface area (Å²) in [6.45, 7) is 2.58. The van der Waals surface area contributed by atoms with Gasteiger partial charge in [-0.25, -0.2) is 9.78 Å². The average molecular weight is 480 g/mol. The zero-order valence-electron chi connectivity index (χ0n) is 19.6. The minimum absolute atomic E-state index is 0.177. The van der Waals surface area contributed by atoms with Gasteiger partial charge in [0.05, 0.1) is 19.8 Å². The van der Waals surface area contributed by atoms with Crippen molar-refractivity contribution in [1.82, 2.24) is 25.5 Å². The molecule has 0 atom stereocenters. The standard InChI is InChI=1S/C25H29N5O5/c1-26-24(32)22-16-18(15-19(29-22)14-17-4-2-5-21-20(17)6-8-27-21)23(31)28-7-3-11-35-25(33)30-9-12-34-13-10-30/h2,4-6,8,15-16,27H,3,7,9-14H2,1H3,(H,26,32)(H,28,31). The van der Waals surface area contributed by atoms with E-state index in [2.05, 4.69) is 20.6 Å². The molecule has 1 fully saturated rings. The summed E-state index contributed by atoms with van der Waals surface area (Å²) in [5.74, 6) is -0.686. The van der Waals surface area contributed by atoms with Crippen LogP contribution in [0.2, 0.25) is 0 Å². The Hall–Kier alpha value is -3.92. The van der Waals surface area contributed by atoms with Crippen molar-refractivity contribution in [2.24, 2.45) is 0 Å². The lowest BCUT2D eigenvalue weighted by atomic mass is 10.0. The highest BCUT2D eigenvalue weighted by Crippen LogP contribution is 2.21. The molecule has 10 heteroatoms. The maximum atomic E-state index is 12.8. The fraction of sp³-hybridized carbons (Fsp3) is 0.360. The zero-order valence-corrected chi connectivity index (χ0v) is 19.6. The molecule has 0 radical (unpaired) electrons. The first-order valence-corrected chi connectivity index (χ1v) is 11.6. The van der Waals surface area contributed by atoms with Gasteiger partial charge in [0.2, 0.25) is 0 Å². The lowest BCUT2D eigenvalue weighted by molar-refractivity contribution is 0.0270. The maximum Gasteiger partial charge on any atom is 0.409 e. The van der Waals surface area contributed by atoms with Crippen molar-refractivity contribution in [2.75, 3.05) is 46.5 Å². The molecule has 4 rings (SSSR count). The molecule has 0 unspecified atom stereocenters. The van der Waals surface area contributed by atoms with Crippen LogP contribution in [0.1, 0.15) is 38.5 Å². The van der Waals surface area contributed by atoms with Gasteiger partial charge in [-0.3, -0.25) is 9.59 Å². The summed E-state index contributed by atoms with van der Waals surface area (Å²) < 4.78 is 10.5. The molecule has 1 aromatic carbocycles. The van der Waals surface area contributed by atoms with E-state index in [-0.39, 0.29) is 30.2 Å². The molecule has 0 saturated carbocycles. The van der Waals surface area contributed by atoms with Gasteiger partial charge in [-0.05, 0) is 36.2 Å². The van der Waals surface area contributed by atoms with Gasteiger partial charge in [-0.2, -0.15) is 0 Å². The molecule has 184 valence electrons. The number of nitrogens with one attached hydrogen (secondary N) is 3. The minimum Gasteiger partial charge on any atom is -0.449 e. The lowest BCUT2D eigenvalue weighted by Crippen LogP contribution is -2.41. The van der Waals surface area contributed by atoms with E-state index in [0.29, 0.717) is 56.9 Å². The minimum atomic E-state index is -0.369. The van der Waals surface area contributed by atoms with Gasteiger partial charge in [0.1, 0.15) is 5.69 Å². The number of hydrogen-bond acceptors (Lipinski definition) is 6. The second-order valence-electron chi connectivity index (χ2n) is 8.17. The number of H-pyrrole nitrogens is 1. The third-order valence-electron chi connectivity index (χ3n) is 5.76. The number of nitrogens with zero attached hydrogens (tertiary/aromatic N) is 2. The highest BCUT2D eigenvalue weighted by molar-refractivity contribution is 5.98. The number of aromatic nitrogens is 2. The van der Waals surface area contributed by atoms with E-state index in [9.17, 15) is 14.4 Å². The number of hydrogen-bond donors (Lipinski definition) is 3. The number of rotatable bonds is 8. The Morgan fingerprint density at radius 1 is 1.14 bits per heavy atom. The Balaban J connectivity index is 1.37. The van der Waals surface area contributed by atoms with Crippen molar-refractivity contribution < 1.29 is 23.9 Å². The molecular formula is C25H29N5O5. The predicted molar refractivity (Wildman–Crippen MR) is 129 cm³/mol. The summed E-state index contributed by atoms with van der Waals surface area (Å²) in [6, 6.07) is 11.1. The van der Waals surface area contributed by atoms with Crippen LogP contribution in [0.3, 0.4) is 0 Å². The van der Waals surface area contributed by atoms with Crippen LogP contribution in [-0.2, 0) is 15.9 Å². The van der Waals surface area contributed by atoms with Crippen LogP contribution in [0.5, 0.6) is 0 Å². The van der Waals surface area contributed by atoms with E-state index in [4.69, 9.17) is 9.47 Å². The van der Waals surface area contributed by atoms with Crippen LogP contribution in [0.4, 0.5) is 4.79 Å². The monoisotopic (exact) mass is 479 g/mol. The second kappa shape index (κ2) is 11.5. The van der Waals surface area contributed by atoms with Crippen LogP contribution in [0.15, 0.2) is 42.6 Å². The number of aromatic amines is 1. The molecule has 2 aromatic heterocycles. The Morgan fingerprint density at radius 3 is 2.77 bits per heavy atom. The Labute approximate surface area is 203 Å². The molecule has 1 aliphatic rings. The number of ether oxygens (including phenoxy) is 2. The first-order valence-electron chi connectivity index (χ1n) is 11.6. The number of morpholine rings is 1. The van der Waals surface area contributed by atoms with Crippen LogP contribution >= 0.6 is 0 Å². The van der Waals surface area contributed by atoms with E-state index in [1.807, 2.05) is 30.5 Å². The highest BCUT2D eigenvalue weighted by Gasteiger charge is 2.18. The van der Waals surface area contributed by atoms with Crippen molar-refractivity contribution in [3.8, 4) is 0 Å². The second-order valence-corrected chi connectivity index (χ2v) is 8.17. The van der Waals surface area contributed by atoms with Gasteiger partial charge < -0.3 is 30.0 Å². The molecule has 35 heavy (non-hydrogen) atoms. The summed E-state index contributed by atoms with van der Waals surface area (Å²) in [5.41, 5.74) is 3.19. The van der Waals surface area contributed by atoms with Crippen molar-refractivity contribution in [1.29, 1.82) is 0 Å². The lowest BCUT2D eigenvalue weighted by Gasteiger charge is -2.25. The number of amides is 3. The summed E-state index contributed by atoms with van der Waals surface area (Å²) >= 11 is 0. The van der Waals surface area contributed by atoms with Gasteiger partial charge in [-0.15, -0.1) is 0 Å². The molecule has 3 N–H and O–H groups in total. The van der Waals surface area contributed by atoms with Crippen LogP contribution < -0.4 is 10.6 Å². The van der Waals surface area contributed by atoms with E-state index in [1.54, 1.807) is 11.0 Å². The summed E-state index contributed by atoms with van der Waals surface area (Å²) in [5, 5.41) is 6.45. The largest absolute Gasteiger partial charge is 0.449 e. The van der Waals surface area contributed by atoms with Gasteiger partial charge in [-0.1, -0.05) is 12.1 Å². The number of carbonyl (C=O) groups excluding carboxylic acids is 3. The zero-order chi connectivity index (χ0) is 24.6. The normalized spacial score (nSPS) is 13.5. The Morgan fingerprint density at radius 2 is 1.97 bits per heavy atom. The van der Waals surface area contributed by atoms with E-state index < -0.39 is 0 Å². The molecule has 1 aliphatic heterocycles. The number of fused-ring (bicyclic) bond motifs is 1. The van der Waals surface area contributed by atoms with E-state index >= 15 is 0 Å². The molecule has 0 aliphatic carbocycles. The molecule has 3 amide bonds. The van der Waals surface area contributed by atoms with E-state index in [0.717, 1.165) is 16.5 Å². The van der Waals surface area contributed by atoms with E-state index in [1.165, 1.54) is 13.1 Å². The fourth-order valence-electron chi connectivity index (χ4n) is 3.93. The van der Waals surface area contributed by atoms with Crippen molar-refractivity contribution in [2.45, 2.75) is 12.8 Å². The molecule has 0 spiro atoms. The molecule has 0 bridgehead atoms. The Bertz CT molecular complexity index is 1200. The van der Waals surface area contributed by atoms with Crippen molar-refractivity contribution >= 4 is 28.8 Å². The first kappa shape index (κ1) is 24.2. The number of pyridine rings is 1. The molecule has 1 saturated heterocycles. The third-order valence-corrected chi connectivity index (χ3v) is 5.76. The smallest absolute Gasteiger partial charge is 0.409 e. The Kier molecular flexibility index (Phi) is 7.94. The summed E-state index contributed by atoms with van der Waals surface area (Å²) in [6.07, 6.45) is 2.45. The van der Waals surface area contributed by atoms with Gasteiger partial charge >= 0.3 is 6.09 Å². The van der Waals surface area contributed by atoms with Crippen molar-refractivity contribution in [3.05, 3.63) is 65.1 Å². The fourth-order valence-corrected chi connectivity index (χ4v) is 3.93. The van der Waals surface area contributed by atoms with Crippen LogP contribution in [-0.4, -0.2) is 79.3 Å². The molecule has 3 heterocycles. The quantitative estimate of drug-likeness (QED) is 0.425. The SMILES string of the molecule is CNC(=O)c1cc(C(=O)NCCCOC(=O)N2CCOCC2)cc(Cc2cccc3[nH]ccc23)n1. The predicted octanol–water partition coefficient (Wildman–Crippen LogP) is 2.10. The van der Waals surface area contributed by atoms with Gasteiger partial charge in [0.25, 0.3) is 11.8 Å². The first-order chi connectivity index (χ1) is 17.0. The maximum absolute atomic E-state index is 12.8.